The van der Waals surface area contributed by atoms with Crippen LogP contribution in [0.2, 0.25) is 0 Å². The fourth-order valence-corrected chi connectivity index (χ4v) is 2.91. The fraction of sp³-hybridized carbons (Fsp3) is 0.400. The molecule has 3 amide bonds. The molecule has 0 aromatic heterocycles. The smallest absolute Gasteiger partial charge is 0.255 e. The highest BCUT2D eigenvalue weighted by molar-refractivity contribution is 6.07. The van der Waals surface area contributed by atoms with Gasteiger partial charge in [0, 0.05) is 31.3 Å². The number of carbonyl (C=O) groups is 3. The number of rotatable bonds is 2. The lowest BCUT2D eigenvalue weighted by Crippen LogP contribution is -2.61. The number of nitrogens with one attached hydrogen (secondary N) is 2. The third-order valence-corrected chi connectivity index (χ3v) is 4.38. The van der Waals surface area contributed by atoms with Crippen LogP contribution in [0.5, 0.6) is 0 Å². The Morgan fingerprint density at radius 2 is 2.05 bits per heavy atom. The van der Waals surface area contributed by atoms with Crippen molar-refractivity contribution >= 4 is 23.4 Å². The van der Waals surface area contributed by atoms with Gasteiger partial charge in [-0.05, 0) is 31.0 Å². The number of nitrogens with zero attached hydrogens (tertiary/aromatic N) is 1. The maximum absolute atomic E-state index is 12.6. The second kappa shape index (κ2) is 4.58. The van der Waals surface area contributed by atoms with Crippen molar-refractivity contribution in [3.05, 3.63) is 29.3 Å². The van der Waals surface area contributed by atoms with Gasteiger partial charge < -0.3 is 10.2 Å². The normalized spacial score (nSPS) is 24.9. The highest BCUT2D eigenvalue weighted by Gasteiger charge is 2.48. The average molecular weight is 287 g/mol. The van der Waals surface area contributed by atoms with E-state index in [9.17, 15) is 14.4 Å². The number of amides is 3. The summed E-state index contributed by atoms with van der Waals surface area (Å²) in [5, 5.41) is 5.33. The van der Waals surface area contributed by atoms with Gasteiger partial charge in [-0.1, -0.05) is 6.07 Å². The van der Waals surface area contributed by atoms with Crippen LogP contribution in [0.25, 0.3) is 0 Å². The van der Waals surface area contributed by atoms with Crippen molar-refractivity contribution in [1.82, 2.24) is 10.2 Å². The van der Waals surface area contributed by atoms with Crippen LogP contribution >= 0.6 is 0 Å². The zero-order chi connectivity index (χ0) is 15.2. The zero-order valence-corrected chi connectivity index (χ0v) is 12.0. The molecule has 2 aliphatic rings. The molecule has 0 bridgehead atoms. The first-order valence-electron chi connectivity index (χ1n) is 6.92. The van der Waals surface area contributed by atoms with Gasteiger partial charge in [0.2, 0.25) is 5.91 Å². The molecule has 1 aromatic rings. The fourth-order valence-electron chi connectivity index (χ4n) is 2.91. The molecule has 0 saturated carbocycles. The molecule has 1 unspecified atom stereocenters. The summed E-state index contributed by atoms with van der Waals surface area (Å²) < 4.78 is 0. The van der Waals surface area contributed by atoms with Crippen LogP contribution in [0.3, 0.4) is 0 Å². The first-order valence-corrected chi connectivity index (χ1v) is 6.92. The minimum absolute atomic E-state index is 0.158. The quantitative estimate of drug-likeness (QED) is 0.791. The lowest BCUT2D eigenvalue weighted by molar-refractivity contribution is -0.142. The van der Waals surface area contributed by atoms with E-state index in [0.717, 1.165) is 11.3 Å². The Morgan fingerprint density at radius 3 is 2.71 bits per heavy atom. The number of hydrogen-bond acceptors (Lipinski definition) is 4. The van der Waals surface area contributed by atoms with Gasteiger partial charge >= 0.3 is 0 Å². The summed E-state index contributed by atoms with van der Waals surface area (Å²) in [5.74, 6) is -0.832. The number of benzene rings is 1. The van der Waals surface area contributed by atoms with Gasteiger partial charge in [0.1, 0.15) is 5.54 Å². The largest absolute Gasteiger partial charge is 0.388 e. The summed E-state index contributed by atoms with van der Waals surface area (Å²) in [7, 11) is 1.79. The number of carbonyl (C=O) groups excluding carboxylic acids is 3. The van der Waals surface area contributed by atoms with Crippen molar-refractivity contribution in [1.29, 1.82) is 0 Å². The van der Waals surface area contributed by atoms with Crippen molar-refractivity contribution in [2.75, 3.05) is 12.4 Å². The molecule has 1 saturated heterocycles. The number of imide groups is 1. The van der Waals surface area contributed by atoms with E-state index >= 15 is 0 Å². The highest BCUT2D eigenvalue weighted by atomic mass is 16.2. The van der Waals surface area contributed by atoms with Crippen LogP contribution in [0.4, 0.5) is 5.69 Å². The minimum atomic E-state index is -0.968. The van der Waals surface area contributed by atoms with Crippen molar-refractivity contribution in [3.8, 4) is 0 Å². The molecule has 0 radical (unpaired) electrons. The molecule has 0 aliphatic carbocycles. The van der Waals surface area contributed by atoms with E-state index in [-0.39, 0.29) is 18.2 Å². The third kappa shape index (κ3) is 1.98. The molecule has 2 heterocycles. The topological polar surface area (TPSA) is 78.5 Å². The van der Waals surface area contributed by atoms with Crippen LogP contribution in [-0.2, 0) is 16.1 Å². The van der Waals surface area contributed by atoms with E-state index in [4.69, 9.17) is 0 Å². The maximum atomic E-state index is 12.6. The Kier molecular flexibility index (Phi) is 2.97. The molecular formula is C15H17N3O3. The molecule has 0 spiro atoms. The molecule has 110 valence electrons. The van der Waals surface area contributed by atoms with Gasteiger partial charge in [0.05, 0.1) is 0 Å². The molecule has 6 heteroatoms. The van der Waals surface area contributed by atoms with Crippen molar-refractivity contribution in [2.45, 2.75) is 31.8 Å². The van der Waals surface area contributed by atoms with Gasteiger partial charge in [0.15, 0.2) is 0 Å². The van der Waals surface area contributed by atoms with Gasteiger partial charge in [-0.25, -0.2) is 0 Å². The van der Waals surface area contributed by atoms with E-state index in [1.165, 1.54) is 0 Å². The Bertz CT molecular complexity index is 656. The van der Waals surface area contributed by atoms with E-state index in [2.05, 4.69) is 10.6 Å². The van der Waals surface area contributed by atoms with E-state index in [0.29, 0.717) is 18.5 Å². The predicted octanol–water partition coefficient (Wildman–Crippen LogP) is 0.879. The van der Waals surface area contributed by atoms with Crippen LogP contribution in [0.15, 0.2) is 18.2 Å². The molecular weight excluding hydrogens is 270 g/mol. The molecule has 21 heavy (non-hydrogen) atoms. The first kappa shape index (κ1) is 13.6. The lowest BCUT2D eigenvalue weighted by atomic mass is 9.89. The van der Waals surface area contributed by atoms with Gasteiger partial charge in [-0.2, -0.15) is 0 Å². The van der Waals surface area contributed by atoms with Crippen LogP contribution in [-0.4, -0.2) is 35.2 Å². The summed E-state index contributed by atoms with van der Waals surface area (Å²) in [6.45, 7) is 2.12. The maximum Gasteiger partial charge on any atom is 0.255 e. The van der Waals surface area contributed by atoms with Gasteiger partial charge in [0.25, 0.3) is 11.8 Å². The SMILES string of the molecule is CNc1ccc2c(c1)C(=O)N(C1(C)CCC(=O)NC1=O)C2. The average Bonchev–Trinajstić information content (AvgIpc) is 2.81. The molecule has 6 nitrogen and oxygen atoms in total. The Balaban J connectivity index is 1.94. The zero-order valence-electron chi connectivity index (χ0n) is 12.0. The Labute approximate surface area is 122 Å². The molecule has 1 atom stereocenters. The molecule has 2 aliphatic heterocycles. The molecule has 1 fully saturated rings. The number of fused-ring (bicyclic) bond motifs is 1. The monoisotopic (exact) mass is 287 g/mol. The first-order chi connectivity index (χ1) is 9.95. The Morgan fingerprint density at radius 1 is 1.29 bits per heavy atom. The summed E-state index contributed by atoms with van der Waals surface area (Å²) in [5.41, 5.74) is 1.42. The van der Waals surface area contributed by atoms with Gasteiger partial charge in [-0.15, -0.1) is 0 Å². The van der Waals surface area contributed by atoms with Crippen LogP contribution < -0.4 is 10.6 Å². The van der Waals surface area contributed by atoms with E-state index in [1.54, 1.807) is 24.9 Å². The summed E-state index contributed by atoms with van der Waals surface area (Å²) >= 11 is 0. The predicted molar refractivity (Wildman–Crippen MR) is 76.7 cm³/mol. The molecule has 3 rings (SSSR count). The number of piperidine rings is 1. The summed E-state index contributed by atoms with van der Waals surface area (Å²) in [4.78, 5) is 37.7. The molecule has 1 aromatic carbocycles. The van der Waals surface area contributed by atoms with Crippen molar-refractivity contribution < 1.29 is 14.4 Å². The number of anilines is 1. The van der Waals surface area contributed by atoms with E-state index < -0.39 is 11.4 Å². The van der Waals surface area contributed by atoms with Crippen molar-refractivity contribution in [3.63, 3.8) is 0 Å². The minimum Gasteiger partial charge on any atom is -0.388 e. The summed E-state index contributed by atoms with van der Waals surface area (Å²) in [6.07, 6.45) is 0.612. The second-order valence-corrected chi connectivity index (χ2v) is 5.66. The Hall–Kier alpha value is -2.37. The standard InChI is InChI=1S/C15H17N3O3/c1-15(6-5-12(19)17-14(15)21)18-8-9-3-4-10(16-2)7-11(9)13(18)20/h3-4,7,16H,5-6,8H2,1-2H3,(H,17,19,21). The second-order valence-electron chi connectivity index (χ2n) is 5.66. The lowest BCUT2D eigenvalue weighted by Gasteiger charge is -2.39. The van der Waals surface area contributed by atoms with E-state index in [1.807, 2.05) is 12.1 Å². The third-order valence-electron chi connectivity index (χ3n) is 4.38. The van der Waals surface area contributed by atoms with Gasteiger partial charge in [-0.3, -0.25) is 19.7 Å². The van der Waals surface area contributed by atoms with Crippen LogP contribution in [0, 0.1) is 0 Å². The highest BCUT2D eigenvalue weighted by Crippen LogP contribution is 2.34. The van der Waals surface area contributed by atoms with Crippen LogP contribution in [0.1, 0.15) is 35.7 Å². The summed E-state index contributed by atoms with van der Waals surface area (Å²) in [6, 6.07) is 5.60. The number of hydrogen-bond donors (Lipinski definition) is 2. The molecule has 2 N–H and O–H groups in total. The van der Waals surface area contributed by atoms with Crippen molar-refractivity contribution in [2.24, 2.45) is 0 Å².